The molecule has 0 saturated heterocycles. The Kier molecular flexibility index (Phi) is 3.98. The van der Waals surface area contributed by atoms with Crippen LogP contribution in [0.15, 0.2) is 22.4 Å². The molecule has 0 atom stereocenters. The van der Waals surface area contributed by atoms with Gasteiger partial charge in [-0.3, -0.25) is 0 Å². The summed E-state index contributed by atoms with van der Waals surface area (Å²) in [6, 6.07) is 0. The number of hydrogen-bond acceptors (Lipinski definition) is 0. The summed E-state index contributed by atoms with van der Waals surface area (Å²) in [5, 5.41) is 1.17. The summed E-state index contributed by atoms with van der Waals surface area (Å²) in [5.41, 5.74) is 2.35. The molecule has 2 rings (SSSR count). The highest BCUT2D eigenvalue weighted by Crippen LogP contribution is 2.47. The second-order valence-corrected chi connectivity index (χ2v) is 7.40. The molecule has 1 nitrogen and oxygen atoms in total. The number of hydrogen-bond donors (Lipinski definition) is 0. The molecular formula is C10H6Br5N. The molecule has 1 aromatic heterocycles. The molecule has 16 heavy (non-hydrogen) atoms. The fraction of sp³-hybridized carbons (Fsp3) is 0.200. The van der Waals surface area contributed by atoms with Crippen molar-refractivity contribution in [3.8, 4) is 0 Å². The lowest BCUT2D eigenvalue weighted by molar-refractivity contribution is 0.911. The van der Waals surface area contributed by atoms with Crippen molar-refractivity contribution in [3.63, 3.8) is 0 Å². The fourth-order valence-electron chi connectivity index (χ4n) is 1.63. The monoisotopic (exact) mass is 535 g/mol. The summed E-state index contributed by atoms with van der Waals surface area (Å²) in [6.07, 6.45) is 0. The Balaban J connectivity index is 3.15. The molecule has 0 N–H and O–H groups in total. The van der Waals surface area contributed by atoms with Gasteiger partial charge in [-0.1, -0.05) is 0 Å². The van der Waals surface area contributed by atoms with Gasteiger partial charge in [0.05, 0.1) is 9.99 Å². The van der Waals surface area contributed by atoms with Gasteiger partial charge in [0.15, 0.2) is 0 Å². The number of benzene rings is 1. The fourth-order valence-corrected chi connectivity index (χ4v) is 5.11. The van der Waals surface area contributed by atoms with E-state index in [0.717, 1.165) is 27.9 Å². The lowest BCUT2D eigenvalue weighted by Gasteiger charge is -2.08. The normalized spacial score (nSPS) is 11.4. The van der Waals surface area contributed by atoms with Gasteiger partial charge in [-0.25, -0.2) is 0 Å². The van der Waals surface area contributed by atoms with Gasteiger partial charge in [-0.05, 0) is 86.6 Å². The Bertz CT molecular complexity index is 549. The first-order chi connectivity index (χ1) is 7.37. The van der Waals surface area contributed by atoms with Crippen LogP contribution in [-0.2, 0) is 7.05 Å². The van der Waals surface area contributed by atoms with E-state index in [1.54, 1.807) is 0 Å². The summed E-state index contributed by atoms with van der Waals surface area (Å²) in [4.78, 5) is 0. The maximum Gasteiger partial charge on any atom is 0.0659 e. The molecule has 2 aromatic rings. The third-order valence-electron chi connectivity index (χ3n) is 2.62. The smallest absolute Gasteiger partial charge is 0.0659 e. The number of aryl methyl sites for hydroxylation is 1. The molecule has 0 bridgehead atoms. The van der Waals surface area contributed by atoms with E-state index in [-0.39, 0.29) is 0 Å². The van der Waals surface area contributed by atoms with E-state index in [2.05, 4.69) is 98.2 Å². The van der Waals surface area contributed by atoms with Crippen LogP contribution in [0.3, 0.4) is 0 Å². The average Bonchev–Trinajstić information content (AvgIpc) is 2.48. The SMILES string of the molecule is Cc1c(Br)c2c(Br)c(Br)c(Br)c(Br)c2n1C. The van der Waals surface area contributed by atoms with E-state index >= 15 is 0 Å². The number of halogens is 5. The maximum atomic E-state index is 3.64. The molecule has 0 aliphatic heterocycles. The third-order valence-corrected chi connectivity index (χ3v) is 8.34. The molecule has 0 aliphatic rings. The molecule has 0 amide bonds. The minimum absolute atomic E-state index is 1.01. The van der Waals surface area contributed by atoms with Crippen molar-refractivity contribution in [1.82, 2.24) is 4.57 Å². The van der Waals surface area contributed by atoms with Crippen LogP contribution in [0.4, 0.5) is 0 Å². The maximum absolute atomic E-state index is 3.64. The van der Waals surface area contributed by atoms with Gasteiger partial charge in [0.25, 0.3) is 0 Å². The molecule has 0 fully saturated rings. The van der Waals surface area contributed by atoms with E-state index in [1.165, 1.54) is 11.1 Å². The van der Waals surface area contributed by atoms with Gasteiger partial charge in [-0.15, -0.1) is 0 Å². The van der Waals surface area contributed by atoms with E-state index in [9.17, 15) is 0 Å². The Morgan fingerprint density at radius 3 is 1.81 bits per heavy atom. The Morgan fingerprint density at radius 2 is 1.25 bits per heavy atom. The summed E-state index contributed by atoms with van der Waals surface area (Å²) >= 11 is 18.0. The highest BCUT2D eigenvalue weighted by molar-refractivity contribution is 9.15. The Labute approximate surface area is 136 Å². The Hall–Kier alpha value is 1.16. The van der Waals surface area contributed by atoms with E-state index < -0.39 is 0 Å². The van der Waals surface area contributed by atoms with Crippen LogP contribution in [0.2, 0.25) is 0 Å². The molecule has 1 heterocycles. The number of rotatable bonds is 0. The molecule has 86 valence electrons. The Morgan fingerprint density at radius 1 is 0.750 bits per heavy atom. The number of nitrogens with zero attached hydrogens (tertiary/aromatic N) is 1. The first-order valence-electron chi connectivity index (χ1n) is 4.34. The summed E-state index contributed by atoms with van der Waals surface area (Å²) in [7, 11) is 2.06. The summed E-state index contributed by atoms with van der Waals surface area (Å²) in [5.74, 6) is 0. The van der Waals surface area contributed by atoms with Crippen LogP contribution >= 0.6 is 79.6 Å². The van der Waals surface area contributed by atoms with Gasteiger partial charge in [0.2, 0.25) is 0 Å². The van der Waals surface area contributed by atoms with E-state index in [4.69, 9.17) is 0 Å². The first kappa shape index (κ1) is 13.6. The van der Waals surface area contributed by atoms with Crippen molar-refractivity contribution in [3.05, 3.63) is 28.1 Å². The van der Waals surface area contributed by atoms with E-state index in [0.29, 0.717) is 0 Å². The van der Waals surface area contributed by atoms with Crippen LogP contribution < -0.4 is 0 Å². The minimum Gasteiger partial charge on any atom is -0.346 e. The lowest BCUT2D eigenvalue weighted by atomic mass is 10.2. The largest absolute Gasteiger partial charge is 0.346 e. The van der Waals surface area contributed by atoms with Crippen LogP contribution in [0, 0.1) is 6.92 Å². The van der Waals surface area contributed by atoms with Crippen LogP contribution in [0.25, 0.3) is 10.9 Å². The topological polar surface area (TPSA) is 4.93 Å². The van der Waals surface area contributed by atoms with Crippen LogP contribution in [0.5, 0.6) is 0 Å². The molecule has 0 radical (unpaired) electrons. The second-order valence-electron chi connectivity index (χ2n) is 3.44. The predicted molar refractivity (Wildman–Crippen MR) is 86.2 cm³/mol. The zero-order chi connectivity index (χ0) is 12.2. The van der Waals surface area contributed by atoms with Gasteiger partial charge in [-0.2, -0.15) is 0 Å². The van der Waals surface area contributed by atoms with Crippen molar-refractivity contribution in [2.45, 2.75) is 6.92 Å². The van der Waals surface area contributed by atoms with Gasteiger partial charge < -0.3 is 4.57 Å². The van der Waals surface area contributed by atoms with Crippen molar-refractivity contribution in [2.75, 3.05) is 0 Å². The number of fused-ring (bicyclic) bond motifs is 1. The molecule has 0 saturated carbocycles. The highest BCUT2D eigenvalue weighted by Gasteiger charge is 2.20. The molecule has 0 unspecified atom stereocenters. The highest BCUT2D eigenvalue weighted by atomic mass is 79.9. The zero-order valence-corrected chi connectivity index (χ0v) is 16.3. The quantitative estimate of drug-likeness (QED) is 0.274. The standard InChI is InChI=1S/C10H6Br5N/c1-3-5(11)4-6(12)7(13)8(14)9(15)10(4)16(3)2/h1-2H3. The second kappa shape index (κ2) is 4.68. The third kappa shape index (κ3) is 1.79. The van der Waals surface area contributed by atoms with Crippen LogP contribution in [-0.4, -0.2) is 4.57 Å². The predicted octanol–water partition coefficient (Wildman–Crippen LogP) is 6.30. The molecular weight excluding hydrogens is 534 g/mol. The van der Waals surface area contributed by atoms with Crippen molar-refractivity contribution in [1.29, 1.82) is 0 Å². The summed E-state index contributed by atoms with van der Waals surface area (Å²) < 4.78 is 7.40. The first-order valence-corrected chi connectivity index (χ1v) is 8.30. The van der Waals surface area contributed by atoms with Crippen molar-refractivity contribution >= 4 is 90.6 Å². The van der Waals surface area contributed by atoms with Gasteiger partial charge in [0, 0.05) is 36.0 Å². The molecule has 6 heteroatoms. The molecule has 1 aromatic carbocycles. The minimum atomic E-state index is 1.01. The lowest BCUT2D eigenvalue weighted by Crippen LogP contribution is -1.91. The average molecular weight is 540 g/mol. The molecule has 0 aliphatic carbocycles. The summed E-state index contributed by atoms with van der Waals surface area (Å²) in [6.45, 7) is 2.09. The van der Waals surface area contributed by atoms with Gasteiger partial charge in [0.1, 0.15) is 0 Å². The van der Waals surface area contributed by atoms with E-state index in [1.807, 2.05) is 0 Å². The van der Waals surface area contributed by atoms with Gasteiger partial charge >= 0.3 is 0 Å². The van der Waals surface area contributed by atoms with Crippen molar-refractivity contribution in [2.24, 2.45) is 7.05 Å². The van der Waals surface area contributed by atoms with Crippen molar-refractivity contribution < 1.29 is 0 Å². The number of aromatic nitrogens is 1. The molecule has 0 spiro atoms. The zero-order valence-electron chi connectivity index (χ0n) is 8.34. The van der Waals surface area contributed by atoms with Crippen LogP contribution in [0.1, 0.15) is 5.69 Å².